The van der Waals surface area contributed by atoms with Gasteiger partial charge in [-0.3, -0.25) is 0 Å². The summed E-state index contributed by atoms with van der Waals surface area (Å²) in [5.41, 5.74) is 9.46. The summed E-state index contributed by atoms with van der Waals surface area (Å²) in [6, 6.07) is 11.8. The van der Waals surface area contributed by atoms with E-state index >= 15 is 0 Å². The minimum atomic E-state index is 0.234. The van der Waals surface area contributed by atoms with Crippen molar-refractivity contribution in [2.45, 2.75) is 19.9 Å². The molecule has 0 saturated carbocycles. The van der Waals surface area contributed by atoms with Crippen LogP contribution in [0.4, 0.5) is 5.69 Å². The SMILES string of the molecule is CC(C)n1c(-c2cc(N)ccc2Br)nc2cccc(Cl)c21. The number of nitrogens with zero attached hydrogens (tertiary/aromatic N) is 2. The normalized spacial score (nSPS) is 11.5. The molecule has 0 radical (unpaired) electrons. The third kappa shape index (κ3) is 2.43. The van der Waals surface area contributed by atoms with E-state index in [1.165, 1.54) is 0 Å². The van der Waals surface area contributed by atoms with Gasteiger partial charge >= 0.3 is 0 Å². The third-order valence-corrected chi connectivity index (χ3v) is 4.41. The topological polar surface area (TPSA) is 43.8 Å². The molecular weight excluding hydrogens is 350 g/mol. The van der Waals surface area contributed by atoms with Gasteiger partial charge in [-0.2, -0.15) is 0 Å². The molecule has 108 valence electrons. The Hall–Kier alpha value is -1.52. The maximum atomic E-state index is 6.38. The van der Waals surface area contributed by atoms with Crippen LogP contribution in [-0.2, 0) is 0 Å². The standard InChI is InChI=1S/C16H15BrClN3/c1-9(2)21-15-13(18)4-3-5-14(15)20-16(21)11-8-10(19)6-7-12(11)17/h3-9H,19H2,1-2H3. The van der Waals surface area contributed by atoms with Crippen molar-refractivity contribution in [2.75, 3.05) is 5.73 Å². The van der Waals surface area contributed by atoms with Crippen LogP contribution in [0, 0.1) is 0 Å². The zero-order valence-corrected chi connectivity index (χ0v) is 14.1. The number of benzene rings is 2. The highest BCUT2D eigenvalue weighted by Gasteiger charge is 2.18. The van der Waals surface area contributed by atoms with Crippen molar-refractivity contribution < 1.29 is 0 Å². The van der Waals surface area contributed by atoms with Crippen molar-refractivity contribution >= 4 is 44.3 Å². The lowest BCUT2D eigenvalue weighted by Crippen LogP contribution is -2.04. The molecule has 0 bridgehead atoms. The number of halogens is 2. The lowest BCUT2D eigenvalue weighted by molar-refractivity contribution is 0.624. The van der Waals surface area contributed by atoms with Gasteiger partial charge in [0.25, 0.3) is 0 Å². The molecule has 2 N–H and O–H groups in total. The number of nitrogen functional groups attached to an aromatic ring is 1. The molecule has 0 unspecified atom stereocenters. The van der Waals surface area contributed by atoms with Gasteiger partial charge in [-0.25, -0.2) is 4.98 Å². The summed E-state index contributed by atoms with van der Waals surface area (Å²) in [5.74, 6) is 0.868. The number of hydrogen-bond acceptors (Lipinski definition) is 2. The average Bonchev–Trinajstić information content (AvgIpc) is 2.82. The Labute approximate surface area is 136 Å². The second-order valence-corrected chi connectivity index (χ2v) is 6.51. The molecule has 3 rings (SSSR count). The first-order chi connectivity index (χ1) is 9.99. The third-order valence-electron chi connectivity index (χ3n) is 3.41. The molecule has 3 aromatic rings. The van der Waals surface area contributed by atoms with Crippen molar-refractivity contribution in [3.8, 4) is 11.4 Å². The lowest BCUT2D eigenvalue weighted by Gasteiger charge is -2.15. The summed E-state index contributed by atoms with van der Waals surface area (Å²) in [6.07, 6.45) is 0. The first-order valence-corrected chi connectivity index (χ1v) is 7.88. The molecule has 5 heteroatoms. The molecule has 0 fully saturated rings. The van der Waals surface area contributed by atoms with E-state index in [-0.39, 0.29) is 6.04 Å². The minimum absolute atomic E-state index is 0.234. The van der Waals surface area contributed by atoms with Crippen LogP contribution in [0.1, 0.15) is 19.9 Å². The molecule has 0 spiro atoms. The molecule has 0 saturated heterocycles. The monoisotopic (exact) mass is 363 g/mol. The summed E-state index contributed by atoms with van der Waals surface area (Å²) in [6.45, 7) is 4.24. The summed E-state index contributed by atoms with van der Waals surface area (Å²) >= 11 is 9.97. The van der Waals surface area contributed by atoms with Crippen LogP contribution in [0.5, 0.6) is 0 Å². The quantitative estimate of drug-likeness (QED) is 0.628. The second kappa shape index (κ2) is 5.35. The highest BCUT2D eigenvalue weighted by Crippen LogP contribution is 2.36. The summed E-state index contributed by atoms with van der Waals surface area (Å²) in [4.78, 5) is 4.76. The maximum absolute atomic E-state index is 6.38. The van der Waals surface area contributed by atoms with Crippen LogP contribution >= 0.6 is 27.5 Å². The highest BCUT2D eigenvalue weighted by atomic mass is 79.9. The van der Waals surface area contributed by atoms with Crippen molar-refractivity contribution in [3.63, 3.8) is 0 Å². The fourth-order valence-corrected chi connectivity index (χ4v) is 3.20. The number of aromatic nitrogens is 2. The van der Waals surface area contributed by atoms with E-state index in [1.807, 2.05) is 36.4 Å². The molecule has 3 nitrogen and oxygen atoms in total. The predicted octanol–water partition coefficient (Wildman–Crippen LogP) is 5.28. The molecule has 0 aliphatic carbocycles. The van der Waals surface area contributed by atoms with Crippen LogP contribution in [0.25, 0.3) is 22.4 Å². The van der Waals surface area contributed by atoms with E-state index < -0.39 is 0 Å². The van der Waals surface area contributed by atoms with Crippen molar-refractivity contribution in [1.82, 2.24) is 9.55 Å². The Balaban J connectivity index is 2.40. The molecule has 1 aromatic heterocycles. The molecule has 0 aliphatic rings. The van der Waals surface area contributed by atoms with Crippen LogP contribution in [0.2, 0.25) is 5.02 Å². The highest BCUT2D eigenvalue weighted by molar-refractivity contribution is 9.10. The lowest BCUT2D eigenvalue weighted by atomic mass is 10.2. The van der Waals surface area contributed by atoms with Gasteiger partial charge < -0.3 is 10.3 Å². The smallest absolute Gasteiger partial charge is 0.142 e. The fourth-order valence-electron chi connectivity index (χ4n) is 2.51. The van der Waals surface area contributed by atoms with Gasteiger partial charge in [0, 0.05) is 21.8 Å². The zero-order chi connectivity index (χ0) is 15.1. The Kier molecular flexibility index (Phi) is 3.68. The van der Waals surface area contributed by atoms with Gasteiger partial charge in [0.2, 0.25) is 0 Å². The van der Waals surface area contributed by atoms with Gasteiger partial charge in [0.1, 0.15) is 5.82 Å². The molecule has 1 heterocycles. The Bertz CT molecular complexity index is 824. The van der Waals surface area contributed by atoms with Crippen molar-refractivity contribution in [2.24, 2.45) is 0 Å². The summed E-state index contributed by atoms with van der Waals surface area (Å²) < 4.78 is 3.11. The first-order valence-electron chi connectivity index (χ1n) is 6.71. The first kappa shape index (κ1) is 14.4. The number of imidazole rings is 1. The molecule has 0 amide bonds. The molecule has 0 aliphatic heterocycles. The van der Waals surface area contributed by atoms with E-state index in [4.69, 9.17) is 22.3 Å². The van der Waals surface area contributed by atoms with Gasteiger partial charge in [-0.1, -0.05) is 33.6 Å². The van der Waals surface area contributed by atoms with Crippen LogP contribution in [-0.4, -0.2) is 9.55 Å². The largest absolute Gasteiger partial charge is 0.399 e. The molecule has 21 heavy (non-hydrogen) atoms. The van der Waals surface area contributed by atoms with E-state index in [2.05, 4.69) is 34.3 Å². The Morgan fingerprint density at radius 2 is 2.00 bits per heavy atom. The van der Waals surface area contributed by atoms with E-state index in [0.29, 0.717) is 10.7 Å². The Morgan fingerprint density at radius 1 is 1.24 bits per heavy atom. The van der Waals surface area contributed by atoms with E-state index in [9.17, 15) is 0 Å². The number of para-hydroxylation sites is 1. The van der Waals surface area contributed by atoms with Crippen LogP contribution in [0.15, 0.2) is 40.9 Å². The van der Waals surface area contributed by atoms with Gasteiger partial charge in [0.05, 0.1) is 16.1 Å². The van der Waals surface area contributed by atoms with Gasteiger partial charge in [-0.05, 0) is 44.2 Å². The zero-order valence-electron chi connectivity index (χ0n) is 11.8. The average molecular weight is 365 g/mol. The summed E-state index contributed by atoms with van der Waals surface area (Å²) in [7, 11) is 0. The van der Waals surface area contributed by atoms with Crippen LogP contribution in [0.3, 0.4) is 0 Å². The number of hydrogen-bond donors (Lipinski definition) is 1. The number of anilines is 1. The number of rotatable bonds is 2. The molecule has 0 atom stereocenters. The second-order valence-electron chi connectivity index (χ2n) is 5.25. The number of fused-ring (bicyclic) bond motifs is 1. The van der Waals surface area contributed by atoms with Gasteiger partial charge in [-0.15, -0.1) is 0 Å². The molecule has 2 aromatic carbocycles. The predicted molar refractivity (Wildman–Crippen MR) is 92.7 cm³/mol. The molecular formula is C16H15BrClN3. The van der Waals surface area contributed by atoms with E-state index in [1.54, 1.807) is 0 Å². The van der Waals surface area contributed by atoms with Crippen LogP contribution < -0.4 is 5.73 Å². The maximum Gasteiger partial charge on any atom is 0.142 e. The number of nitrogens with two attached hydrogens (primary N) is 1. The van der Waals surface area contributed by atoms with Crippen molar-refractivity contribution in [3.05, 3.63) is 45.9 Å². The minimum Gasteiger partial charge on any atom is -0.399 e. The fraction of sp³-hybridized carbons (Fsp3) is 0.188. The summed E-state index contributed by atoms with van der Waals surface area (Å²) in [5, 5.41) is 0.708. The van der Waals surface area contributed by atoms with Crippen molar-refractivity contribution in [1.29, 1.82) is 0 Å². The Morgan fingerprint density at radius 3 is 2.71 bits per heavy atom. The van der Waals surface area contributed by atoms with E-state index in [0.717, 1.165) is 26.9 Å². The van der Waals surface area contributed by atoms with Gasteiger partial charge in [0.15, 0.2) is 0 Å².